The van der Waals surface area contributed by atoms with Crippen molar-refractivity contribution in [3.05, 3.63) is 53.5 Å². The summed E-state index contributed by atoms with van der Waals surface area (Å²) in [5.41, 5.74) is 1.39. The van der Waals surface area contributed by atoms with Crippen LogP contribution in [0, 0.1) is 11.7 Å². The number of hydrogen-bond acceptors (Lipinski definition) is 4. The zero-order valence-electron chi connectivity index (χ0n) is 16.1. The molecule has 0 spiro atoms. The first-order valence-electron chi connectivity index (χ1n) is 9.64. The minimum absolute atomic E-state index is 0.0578. The monoisotopic (exact) mass is 385 g/mol. The minimum atomic E-state index is -0.248. The first-order valence-corrected chi connectivity index (χ1v) is 9.64. The molecule has 3 atom stereocenters. The van der Waals surface area contributed by atoms with Gasteiger partial charge in [-0.05, 0) is 42.9 Å². The van der Waals surface area contributed by atoms with Gasteiger partial charge in [0.15, 0.2) is 12.1 Å². The minimum Gasteiger partial charge on any atom is -0.447 e. The van der Waals surface area contributed by atoms with Gasteiger partial charge in [-0.2, -0.15) is 0 Å². The molecule has 2 bridgehead atoms. The second-order valence-electron chi connectivity index (χ2n) is 7.88. The van der Waals surface area contributed by atoms with Crippen molar-refractivity contribution in [2.24, 2.45) is 5.92 Å². The Morgan fingerprint density at radius 2 is 2.04 bits per heavy atom. The predicted octanol–water partition coefficient (Wildman–Crippen LogP) is 2.85. The lowest BCUT2D eigenvalue weighted by atomic mass is 9.72. The van der Waals surface area contributed by atoms with Gasteiger partial charge in [-0.3, -0.25) is 9.59 Å². The molecular weight excluding hydrogens is 361 g/mol. The van der Waals surface area contributed by atoms with Gasteiger partial charge in [0, 0.05) is 39.0 Å². The fourth-order valence-electron chi connectivity index (χ4n) is 4.40. The molecule has 1 aromatic heterocycles. The number of nitrogens with zero attached hydrogens (tertiary/aromatic N) is 3. The molecule has 1 saturated carbocycles. The van der Waals surface area contributed by atoms with Crippen LogP contribution >= 0.6 is 0 Å². The number of carbonyl (C=O) groups excluding carboxylic acids is 2. The Balaban J connectivity index is 1.36. The van der Waals surface area contributed by atoms with Crippen LogP contribution in [0.1, 0.15) is 47.0 Å². The van der Waals surface area contributed by atoms with Gasteiger partial charge in [0.2, 0.25) is 5.91 Å². The van der Waals surface area contributed by atoms with Crippen LogP contribution in [0.2, 0.25) is 0 Å². The van der Waals surface area contributed by atoms with E-state index in [1.165, 1.54) is 23.4 Å². The molecule has 3 heterocycles. The van der Waals surface area contributed by atoms with Crippen LogP contribution < -0.4 is 0 Å². The van der Waals surface area contributed by atoms with E-state index < -0.39 is 0 Å². The average Bonchev–Trinajstić information content (AvgIpc) is 3.37. The van der Waals surface area contributed by atoms with Gasteiger partial charge in [-0.15, -0.1) is 0 Å². The van der Waals surface area contributed by atoms with Gasteiger partial charge in [0.25, 0.3) is 5.91 Å². The van der Waals surface area contributed by atoms with Crippen molar-refractivity contribution in [2.75, 3.05) is 20.6 Å². The molecule has 3 unspecified atom stereocenters. The normalized spacial score (nSPS) is 22.8. The van der Waals surface area contributed by atoms with E-state index in [1.54, 1.807) is 26.2 Å². The number of oxazole rings is 1. The smallest absolute Gasteiger partial charge is 0.275 e. The topological polar surface area (TPSA) is 66.7 Å². The Morgan fingerprint density at radius 3 is 2.75 bits per heavy atom. The first-order chi connectivity index (χ1) is 13.5. The van der Waals surface area contributed by atoms with Crippen LogP contribution in [-0.2, 0) is 11.2 Å². The zero-order chi connectivity index (χ0) is 19.8. The molecule has 3 aliphatic rings. The Hall–Kier alpha value is -2.70. The lowest BCUT2D eigenvalue weighted by Crippen LogP contribution is -2.40. The second kappa shape index (κ2) is 7.37. The Bertz CT molecular complexity index is 877. The summed E-state index contributed by atoms with van der Waals surface area (Å²) in [7, 11) is 3.38. The van der Waals surface area contributed by atoms with Crippen molar-refractivity contribution < 1.29 is 18.4 Å². The molecule has 3 fully saturated rings. The first kappa shape index (κ1) is 18.7. The van der Waals surface area contributed by atoms with Gasteiger partial charge in [0.1, 0.15) is 11.6 Å². The van der Waals surface area contributed by atoms with E-state index >= 15 is 0 Å². The van der Waals surface area contributed by atoms with Crippen LogP contribution in [0.3, 0.4) is 0 Å². The molecule has 28 heavy (non-hydrogen) atoms. The van der Waals surface area contributed by atoms with Crippen LogP contribution in [0.15, 0.2) is 35.1 Å². The number of fused-ring (bicyclic) bond motifs is 1. The van der Waals surface area contributed by atoms with E-state index in [9.17, 15) is 14.0 Å². The van der Waals surface area contributed by atoms with E-state index in [0.717, 1.165) is 24.8 Å². The summed E-state index contributed by atoms with van der Waals surface area (Å²) in [6.45, 7) is 0.709. The summed E-state index contributed by atoms with van der Waals surface area (Å²) >= 11 is 0. The molecular formula is C21H24FN3O3. The van der Waals surface area contributed by atoms with E-state index in [0.29, 0.717) is 30.3 Å². The third-order valence-electron chi connectivity index (χ3n) is 5.89. The summed E-state index contributed by atoms with van der Waals surface area (Å²) in [5.74, 6) is 0.711. The Labute approximate surface area is 163 Å². The molecule has 1 aliphatic carbocycles. The number of aromatic nitrogens is 1. The largest absolute Gasteiger partial charge is 0.447 e. The van der Waals surface area contributed by atoms with Crippen LogP contribution in [0.5, 0.6) is 0 Å². The van der Waals surface area contributed by atoms with Crippen molar-refractivity contribution >= 4 is 11.8 Å². The lowest BCUT2D eigenvalue weighted by molar-refractivity contribution is -0.131. The maximum Gasteiger partial charge on any atom is 0.275 e. The molecule has 1 aromatic carbocycles. The Kier molecular flexibility index (Phi) is 4.91. The molecule has 2 amide bonds. The quantitative estimate of drug-likeness (QED) is 0.767. The molecule has 148 valence electrons. The maximum atomic E-state index is 13.0. The van der Waals surface area contributed by atoms with Crippen molar-refractivity contribution in [3.8, 4) is 0 Å². The standard InChI is InChI=1S/C21H24FN3O3/c1-24(2)21(27)19-20(28-12-23-19)18-14-10-16(18)25(11-14)17(26)5-3-4-13-6-8-15(22)9-7-13/h6-9,12,14,16,18H,3-5,10-11H2,1-2H3. The molecule has 2 saturated heterocycles. The van der Waals surface area contributed by atoms with Gasteiger partial charge in [-0.1, -0.05) is 12.1 Å². The highest BCUT2D eigenvalue weighted by atomic mass is 19.1. The summed E-state index contributed by atoms with van der Waals surface area (Å²) in [4.78, 5) is 32.6. The van der Waals surface area contributed by atoms with E-state index in [2.05, 4.69) is 4.98 Å². The van der Waals surface area contributed by atoms with E-state index in [1.807, 2.05) is 4.90 Å². The molecule has 2 aliphatic heterocycles. The number of halogens is 1. The molecule has 6 nitrogen and oxygen atoms in total. The van der Waals surface area contributed by atoms with E-state index in [4.69, 9.17) is 4.42 Å². The number of rotatable bonds is 6. The zero-order valence-corrected chi connectivity index (χ0v) is 16.1. The third kappa shape index (κ3) is 3.30. The molecule has 0 N–H and O–H groups in total. The van der Waals surface area contributed by atoms with E-state index in [-0.39, 0.29) is 29.6 Å². The van der Waals surface area contributed by atoms with Crippen molar-refractivity contribution in [1.82, 2.24) is 14.8 Å². The second-order valence-corrected chi connectivity index (χ2v) is 7.88. The summed E-state index contributed by atoms with van der Waals surface area (Å²) in [5, 5.41) is 0. The maximum absolute atomic E-state index is 13.0. The van der Waals surface area contributed by atoms with Gasteiger partial charge >= 0.3 is 0 Å². The summed E-state index contributed by atoms with van der Waals surface area (Å²) in [6.07, 6.45) is 4.22. The number of carbonyl (C=O) groups is 2. The van der Waals surface area contributed by atoms with Crippen LogP contribution in [-0.4, -0.2) is 53.3 Å². The SMILES string of the molecule is CN(C)C(=O)c1ncoc1C1C2CC1N(C(=O)CCCc1ccc(F)cc1)C2. The van der Waals surface area contributed by atoms with Crippen molar-refractivity contribution in [2.45, 2.75) is 37.6 Å². The summed E-state index contributed by atoms with van der Waals surface area (Å²) < 4.78 is 18.5. The average molecular weight is 385 g/mol. The number of aryl methyl sites for hydroxylation is 1. The lowest BCUT2D eigenvalue weighted by Gasteiger charge is -2.35. The molecule has 2 aromatic rings. The highest BCUT2D eigenvalue weighted by Crippen LogP contribution is 2.53. The number of benzene rings is 1. The number of amides is 2. The van der Waals surface area contributed by atoms with Gasteiger partial charge in [-0.25, -0.2) is 9.37 Å². The number of hydrogen-bond donors (Lipinski definition) is 0. The third-order valence-corrected chi connectivity index (χ3v) is 5.89. The fraction of sp³-hybridized carbons (Fsp3) is 0.476. The predicted molar refractivity (Wildman–Crippen MR) is 100 cm³/mol. The van der Waals surface area contributed by atoms with Gasteiger partial charge < -0.3 is 14.2 Å². The van der Waals surface area contributed by atoms with Crippen molar-refractivity contribution in [1.29, 1.82) is 0 Å². The Morgan fingerprint density at radius 1 is 1.29 bits per heavy atom. The molecule has 5 rings (SSSR count). The van der Waals surface area contributed by atoms with Crippen LogP contribution in [0.4, 0.5) is 4.39 Å². The highest BCUT2D eigenvalue weighted by Gasteiger charge is 2.56. The van der Waals surface area contributed by atoms with Gasteiger partial charge in [0.05, 0.1) is 0 Å². The fourth-order valence-corrected chi connectivity index (χ4v) is 4.40. The highest BCUT2D eigenvalue weighted by molar-refractivity contribution is 5.93. The molecule has 7 heteroatoms. The van der Waals surface area contributed by atoms with Crippen molar-refractivity contribution in [3.63, 3.8) is 0 Å². The summed E-state index contributed by atoms with van der Waals surface area (Å²) in [6, 6.07) is 6.50. The molecule has 0 radical (unpaired) electrons. The van der Waals surface area contributed by atoms with Crippen LogP contribution in [0.25, 0.3) is 0 Å².